The minimum atomic E-state index is -4.27. The van der Waals surface area contributed by atoms with Gasteiger partial charge in [-0.25, -0.2) is 0 Å². The molecule has 0 aliphatic heterocycles. The lowest BCUT2D eigenvalue weighted by Crippen LogP contribution is -2.22. The summed E-state index contributed by atoms with van der Waals surface area (Å²) in [5.74, 6) is 0. The van der Waals surface area contributed by atoms with Gasteiger partial charge in [-0.05, 0) is 67.5 Å². The van der Waals surface area contributed by atoms with E-state index in [1.54, 1.807) is 6.07 Å². The molecule has 1 aliphatic rings. The van der Waals surface area contributed by atoms with Crippen LogP contribution in [0, 0.1) is 0 Å². The van der Waals surface area contributed by atoms with E-state index in [2.05, 4.69) is 42.6 Å². The maximum absolute atomic E-state index is 12.8. The largest absolute Gasteiger partial charge is 0.416 e. The second-order valence-corrected chi connectivity index (χ2v) is 6.83. The summed E-state index contributed by atoms with van der Waals surface area (Å²) < 4.78 is 38.3. The van der Waals surface area contributed by atoms with Crippen LogP contribution in [0.4, 0.5) is 13.2 Å². The van der Waals surface area contributed by atoms with E-state index in [-0.39, 0.29) is 30.9 Å². The molecule has 0 unspecified atom stereocenters. The number of alkyl halides is 3. The molecular weight excluding hydrogens is 406 g/mol. The van der Waals surface area contributed by atoms with Crippen LogP contribution in [0.5, 0.6) is 0 Å². The molecule has 1 N–H and O–H groups in total. The van der Waals surface area contributed by atoms with Crippen LogP contribution < -0.4 is 5.32 Å². The average molecular weight is 432 g/mol. The Morgan fingerprint density at radius 1 is 1.07 bits per heavy atom. The molecule has 1 aliphatic carbocycles. The summed E-state index contributed by atoms with van der Waals surface area (Å²) >= 11 is 0. The SMILES string of the molecule is C[C@@H](NCCCc1cccc(C(F)(F)F)c1)c1cccc2c1CCC=C2.Cl.Cl. The first-order valence-electron chi connectivity index (χ1n) is 9.13. The Morgan fingerprint density at radius 2 is 1.82 bits per heavy atom. The predicted octanol–water partition coefficient (Wildman–Crippen LogP) is 6.79. The Kier molecular flexibility index (Phi) is 9.55. The molecule has 6 heteroatoms. The number of hydrogen-bond donors (Lipinski definition) is 1. The third kappa shape index (κ3) is 6.26. The first-order chi connectivity index (χ1) is 12.4. The number of allylic oxidation sites excluding steroid dienone is 1. The maximum Gasteiger partial charge on any atom is 0.416 e. The smallest absolute Gasteiger partial charge is 0.310 e. The highest BCUT2D eigenvalue weighted by molar-refractivity contribution is 5.85. The fourth-order valence-electron chi connectivity index (χ4n) is 3.54. The summed E-state index contributed by atoms with van der Waals surface area (Å²) in [7, 11) is 0. The molecule has 0 bridgehead atoms. The van der Waals surface area contributed by atoms with Crippen molar-refractivity contribution in [2.24, 2.45) is 0 Å². The third-order valence-electron chi connectivity index (χ3n) is 4.92. The van der Waals surface area contributed by atoms with Crippen LogP contribution in [0.25, 0.3) is 6.08 Å². The van der Waals surface area contributed by atoms with Crippen molar-refractivity contribution >= 4 is 30.9 Å². The van der Waals surface area contributed by atoms with E-state index in [1.807, 2.05) is 0 Å². The van der Waals surface area contributed by atoms with E-state index >= 15 is 0 Å². The molecule has 0 heterocycles. The summed E-state index contributed by atoms with van der Waals surface area (Å²) in [5.41, 5.74) is 4.20. The number of rotatable bonds is 6. The zero-order valence-electron chi connectivity index (χ0n) is 15.8. The molecule has 1 atom stereocenters. The lowest BCUT2D eigenvalue weighted by molar-refractivity contribution is -0.137. The van der Waals surface area contributed by atoms with Gasteiger partial charge in [-0.3, -0.25) is 0 Å². The molecular formula is C22H26Cl2F3N. The van der Waals surface area contributed by atoms with Crippen LogP contribution in [0.15, 0.2) is 48.5 Å². The van der Waals surface area contributed by atoms with Crippen LogP contribution in [-0.2, 0) is 19.0 Å². The van der Waals surface area contributed by atoms with Gasteiger partial charge in [-0.2, -0.15) is 13.2 Å². The van der Waals surface area contributed by atoms with Crippen molar-refractivity contribution in [2.75, 3.05) is 6.54 Å². The van der Waals surface area contributed by atoms with Crippen molar-refractivity contribution in [2.45, 2.75) is 44.8 Å². The fourth-order valence-corrected chi connectivity index (χ4v) is 3.54. The monoisotopic (exact) mass is 431 g/mol. The van der Waals surface area contributed by atoms with Crippen molar-refractivity contribution in [1.29, 1.82) is 0 Å². The van der Waals surface area contributed by atoms with Gasteiger partial charge in [0.15, 0.2) is 0 Å². The molecule has 0 aromatic heterocycles. The summed E-state index contributed by atoms with van der Waals surface area (Å²) in [5, 5.41) is 3.52. The highest BCUT2D eigenvalue weighted by Gasteiger charge is 2.30. The van der Waals surface area contributed by atoms with Gasteiger partial charge >= 0.3 is 6.18 Å². The second-order valence-electron chi connectivity index (χ2n) is 6.83. The topological polar surface area (TPSA) is 12.0 Å². The molecule has 28 heavy (non-hydrogen) atoms. The molecule has 2 aromatic rings. The molecule has 0 spiro atoms. The van der Waals surface area contributed by atoms with E-state index in [4.69, 9.17) is 0 Å². The van der Waals surface area contributed by atoms with Crippen molar-refractivity contribution in [3.05, 3.63) is 76.4 Å². The Hall–Kier alpha value is -1.49. The average Bonchev–Trinajstić information content (AvgIpc) is 2.64. The predicted molar refractivity (Wildman–Crippen MR) is 114 cm³/mol. The Balaban J connectivity index is 0.00000196. The fraction of sp³-hybridized carbons (Fsp3) is 0.364. The van der Waals surface area contributed by atoms with Crippen LogP contribution in [0.3, 0.4) is 0 Å². The molecule has 154 valence electrons. The highest BCUT2D eigenvalue weighted by atomic mass is 35.5. The number of aryl methyl sites for hydroxylation is 1. The Labute approximate surface area is 177 Å². The summed E-state index contributed by atoms with van der Waals surface area (Å²) in [4.78, 5) is 0. The molecule has 0 saturated heterocycles. The first-order valence-corrected chi connectivity index (χ1v) is 9.13. The lowest BCUT2D eigenvalue weighted by atomic mass is 9.90. The number of fused-ring (bicyclic) bond motifs is 1. The zero-order chi connectivity index (χ0) is 18.6. The van der Waals surface area contributed by atoms with Crippen LogP contribution >= 0.6 is 24.8 Å². The van der Waals surface area contributed by atoms with Gasteiger partial charge in [-0.15, -0.1) is 24.8 Å². The van der Waals surface area contributed by atoms with Crippen LogP contribution in [0.2, 0.25) is 0 Å². The molecule has 0 fully saturated rings. The highest BCUT2D eigenvalue weighted by Crippen LogP contribution is 2.30. The molecule has 3 rings (SSSR count). The quantitative estimate of drug-likeness (QED) is 0.496. The Morgan fingerprint density at radius 3 is 2.57 bits per heavy atom. The van der Waals surface area contributed by atoms with Crippen molar-refractivity contribution in [3.63, 3.8) is 0 Å². The minimum Gasteiger partial charge on any atom is -0.310 e. The van der Waals surface area contributed by atoms with Gasteiger partial charge in [0.1, 0.15) is 0 Å². The molecule has 0 radical (unpaired) electrons. The first kappa shape index (κ1) is 24.5. The number of halogens is 5. The molecule has 0 amide bonds. The van der Waals surface area contributed by atoms with Crippen LogP contribution in [0.1, 0.15) is 53.6 Å². The second kappa shape index (κ2) is 10.9. The standard InChI is InChI=1S/C22H24F3N.2ClH/c1-16(20-13-5-10-18-9-2-3-12-21(18)20)26-14-6-8-17-7-4-11-19(15-17)22(23,24)25;;/h2,4-5,7,9-11,13,15-16,26H,3,6,8,12,14H2,1H3;2*1H/t16-;;/m1../s1. The van der Waals surface area contributed by atoms with Gasteiger partial charge in [0.2, 0.25) is 0 Å². The van der Waals surface area contributed by atoms with Gasteiger partial charge in [0.25, 0.3) is 0 Å². The van der Waals surface area contributed by atoms with E-state index in [9.17, 15) is 13.2 Å². The van der Waals surface area contributed by atoms with E-state index in [0.717, 1.165) is 37.4 Å². The minimum absolute atomic E-state index is 0. The summed E-state index contributed by atoms with van der Waals surface area (Å²) in [6, 6.07) is 12.3. The number of benzene rings is 2. The van der Waals surface area contributed by atoms with Gasteiger partial charge in [0, 0.05) is 6.04 Å². The van der Waals surface area contributed by atoms with Crippen LogP contribution in [-0.4, -0.2) is 6.54 Å². The zero-order valence-corrected chi connectivity index (χ0v) is 17.4. The molecule has 1 nitrogen and oxygen atoms in total. The van der Waals surface area contributed by atoms with Crippen molar-refractivity contribution in [3.8, 4) is 0 Å². The van der Waals surface area contributed by atoms with Gasteiger partial charge in [0.05, 0.1) is 5.56 Å². The van der Waals surface area contributed by atoms with Crippen molar-refractivity contribution < 1.29 is 13.2 Å². The third-order valence-corrected chi connectivity index (χ3v) is 4.92. The Bertz CT molecular complexity index is 788. The van der Waals surface area contributed by atoms with E-state index < -0.39 is 11.7 Å². The normalized spacial score (nSPS) is 13.9. The summed E-state index contributed by atoms with van der Waals surface area (Å²) in [6.07, 6.45) is 3.70. The molecule has 0 saturated carbocycles. The number of hydrogen-bond acceptors (Lipinski definition) is 1. The van der Waals surface area contributed by atoms with E-state index in [0.29, 0.717) is 6.42 Å². The lowest BCUT2D eigenvalue weighted by Gasteiger charge is -2.21. The number of nitrogens with one attached hydrogen (secondary N) is 1. The van der Waals surface area contributed by atoms with Crippen molar-refractivity contribution in [1.82, 2.24) is 5.32 Å². The van der Waals surface area contributed by atoms with Gasteiger partial charge in [-0.1, -0.05) is 48.6 Å². The van der Waals surface area contributed by atoms with E-state index in [1.165, 1.54) is 28.8 Å². The summed E-state index contributed by atoms with van der Waals surface area (Å²) in [6.45, 7) is 2.93. The van der Waals surface area contributed by atoms with Gasteiger partial charge < -0.3 is 5.32 Å². The maximum atomic E-state index is 12.8. The molecule has 2 aromatic carbocycles.